The second kappa shape index (κ2) is 8.65. The van der Waals surface area contributed by atoms with Crippen molar-refractivity contribution in [1.29, 1.82) is 0 Å². The molecule has 0 bridgehead atoms. The molecular formula is C25H24N2O2. The topological polar surface area (TPSA) is 34.0 Å². The number of hydrogen-bond donors (Lipinski definition) is 0. The summed E-state index contributed by atoms with van der Waals surface area (Å²) in [7, 11) is 0. The van der Waals surface area contributed by atoms with Gasteiger partial charge in [0.15, 0.2) is 0 Å². The van der Waals surface area contributed by atoms with Crippen LogP contribution in [0, 0.1) is 0 Å². The third kappa shape index (κ3) is 4.16. The van der Waals surface area contributed by atoms with E-state index in [-0.39, 0.29) is 12.5 Å². The van der Waals surface area contributed by atoms with E-state index in [1.54, 1.807) is 0 Å². The van der Waals surface area contributed by atoms with Crippen LogP contribution in [0.1, 0.15) is 12.5 Å². The van der Waals surface area contributed by atoms with Crippen molar-refractivity contribution in [3.63, 3.8) is 0 Å². The van der Waals surface area contributed by atoms with Crippen molar-refractivity contribution in [2.24, 2.45) is 0 Å². The highest BCUT2D eigenvalue weighted by atomic mass is 16.5. The van der Waals surface area contributed by atoms with Gasteiger partial charge in [0.25, 0.3) is 0 Å². The zero-order chi connectivity index (χ0) is 20.1. The fourth-order valence-corrected chi connectivity index (χ4v) is 3.61. The predicted octanol–water partition coefficient (Wildman–Crippen LogP) is 5.18. The number of carbonyl (C=O) groups is 1. The standard InChI is InChI=1S/C25H24N2O2/c1-2-29-25(28)19-26(18-20-11-5-3-6-12-20)24-17-23(21-13-7-4-8-14-21)27-16-10-9-15-22(24)27/h3-17H,2,18-19H2,1H3. The number of benzene rings is 2. The van der Waals surface area contributed by atoms with Crippen molar-refractivity contribution in [2.45, 2.75) is 13.5 Å². The molecule has 0 saturated heterocycles. The minimum Gasteiger partial charge on any atom is -0.465 e. The highest BCUT2D eigenvalue weighted by Gasteiger charge is 2.19. The number of fused-ring (bicyclic) bond motifs is 1. The Morgan fingerprint density at radius 1 is 0.931 bits per heavy atom. The lowest BCUT2D eigenvalue weighted by Gasteiger charge is -2.23. The first kappa shape index (κ1) is 18.8. The van der Waals surface area contributed by atoms with Crippen LogP contribution < -0.4 is 4.90 Å². The Morgan fingerprint density at radius 2 is 1.62 bits per heavy atom. The number of rotatable bonds is 7. The zero-order valence-corrected chi connectivity index (χ0v) is 16.5. The van der Waals surface area contributed by atoms with E-state index in [1.165, 1.54) is 0 Å². The van der Waals surface area contributed by atoms with Crippen LogP contribution in [0.15, 0.2) is 91.1 Å². The van der Waals surface area contributed by atoms with Crippen LogP contribution in [0.3, 0.4) is 0 Å². The van der Waals surface area contributed by atoms with Gasteiger partial charge in [0, 0.05) is 12.7 Å². The molecule has 29 heavy (non-hydrogen) atoms. The number of ether oxygens (including phenoxy) is 1. The van der Waals surface area contributed by atoms with Gasteiger partial charge in [0.05, 0.1) is 23.5 Å². The van der Waals surface area contributed by atoms with E-state index in [0.717, 1.165) is 28.0 Å². The highest BCUT2D eigenvalue weighted by molar-refractivity contribution is 5.85. The second-order valence-corrected chi connectivity index (χ2v) is 6.88. The zero-order valence-electron chi connectivity index (χ0n) is 16.5. The first-order chi connectivity index (χ1) is 14.3. The molecule has 0 N–H and O–H groups in total. The first-order valence-electron chi connectivity index (χ1n) is 9.86. The number of pyridine rings is 1. The summed E-state index contributed by atoms with van der Waals surface area (Å²) in [6, 6.07) is 28.8. The molecule has 0 fully saturated rings. The lowest BCUT2D eigenvalue weighted by Crippen LogP contribution is -2.30. The SMILES string of the molecule is CCOC(=O)CN(Cc1ccccc1)c1cc(-c2ccccc2)n2ccccc12. The monoisotopic (exact) mass is 384 g/mol. The molecule has 4 heteroatoms. The summed E-state index contributed by atoms with van der Waals surface area (Å²) in [5, 5.41) is 0. The summed E-state index contributed by atoms with van der Waals surface area (Å²) in [5.74, 6) is -0.222. The van der Waals surface area contributed by atoms with Gasteiger partial charge < -0.3 is 14.0 Å². The van der Waals surface area contributed by atoms with Crippen molar-refractivity contribution in [3.05, 3.63) is 96.7 Å². The summed E-state index contributed by atoms with van der Waals surface area (Å²) in [6.07, 6.45) is 2.06. The first-order valence-corrected chi connectivity index (χ1v) is 9.86. The van der Waals surface area contributed by atoms with E-state index in [4.69, 9.17) is 4.74 Å². The van der Waals surface area contributed by atoms with Crippen LogP contribution in [0.5, 0.6) is 0 Å². The van der Waals surface area contributed by atoms with Gasteiger partial charge in [-0.3, -0.25) is 4.79 Å². The van der Waals surface area contributed by atoms with E-state index < -0.39 is 0 Å². The molecule has 4 nitrogen and oxygen atoms in total. The van der Waals surface area contributed by atoms with Crippen LogP contribution in [-0.4, -0.2) is 23.5 Å². The van der Waals surface area contributed by atoms with Crippen molar-refractivity contribution < 1.29 is 9.53 Å². The summed E-state index contributed by atoms with van der Waals surface area (Å²) >= 11 is 0. The molecule has 2 heterocycles. The van der Waals surface area contributed by atoms with Crippen LogP contribution in [0.25, 0.3) is 16.8 Å². The molecule has 0 aliphatic rings. The van der Waals surface area contributed by atoms with Gasteiger partial charge in [-0.2, -0.15) is 0 Å². The van der Waals surface area contributed by atoms with E-state index in [9.17, 15) is 4.79 Å². The smallest absolute Gasteiger partial charge is 0.325 e. The Kier molecular flexibility index (Phi) is 5.61. The van der Waals surface area contributed by atoms with E-state index in [1.807, 2.05) is 55.5 Å². The van der Waals surface area contributed by atoms with Crippen molar-refractivity contribution in [3.8, 4) is 11.3 Å². The number of aromatic nitrogens is 1. The number of anilines is 1. The maximum Gasteiger partial charge on any atom is 0.325 e. The van der Waals surface area contributed by atoms with Gasteiger partial charge in [-0.05, 0) is 36.2 Å². The van der Waals surface area contributed by atoms with Crippen molar-refractivity contribution in [1.82, 2.24) is 4.40 Å². The molecular weight excluding hydrogens is 360 g/mol. The van der Waals surface area contributed by atoms with E-state index in [2.05, 4.69) is 51.9 Å². The van der Waals surface area contributed by atoms with Gasteiger partial charge in [-0.15, -0.1) is 0 Å². The molecule has 0 saturated carbocycles. The lowest BCUT2D eigenvalue weighted by molar-refractivity contribution is -0.141. The van der Waals surface area contributed by atoms with Gasteiger partial charge >= 0.3 is 5.97 Å². The third-order valence-electron chi connectivity index (χ3n) is 4.91. The average molecular weight is 384 g/mol. The molecule has 146 valence electrons. The molecule has 0 atom stereocenters. The average Bonchev–Trinajstić information content (AvgIpc) is 3.15. The molecule has 0 amide bonds. The quantitative estimate of drug-likeness (QED) is 0.412. The fraction of sp³-hybridized carbons (Fsp3) is 0.160. The Hall–Kier alpha value is -3.53. The largest absolute Gasteiger partial charge is 0.465 e. The summed E-state index contributed by atoms with van der Waals surface area (Å²) in [4.78, 5) is 14.5. The third-order valence-corrected chi connectivity index (χ3v) is 4.91. The van der Waals surface area contributed by atoms with Crippen molar-refractivity contribution in [2.75, 3.05) is 18.1 Å². The molecule has 0 radical (unpaired) electrons. The summed E-state index contributed by atoms with van der Waals surface area (Å²) in [5.41, 5.74) is 5.45. The Labute approximate surface area is 171 Å². The highest BCUT2D eigenvalue weighted by Crippen LogP contribution is 2.33. The molecule has 4 rings (SSSR count). The maximum absolute atomic E-state index is 12.4. The van der Waals surface area contributed by atoms with Crippen LogP contribution in [-0.2, 0) is 16.1 Å². The Morgan fingerprint density at radius 3 is 2.34 bits per heavy atom. The lowest BCUT2D eigenvalue weighted by atomic mass is 10.1. The maximum atomic E-state index is 12.4. The summed E-state index contributed by atoms with van der Waals surface area (Å²) < 4.78 is 7.42. The number of esters is 1. The van der Waals surface area contributed by atoms with Crippen LogP contribution in [0.4, 0.5) is 5.69 Å². The van der Waals surface area contributed by atoms with Gasteiger partial charge in [0.2, 0.25) is 0 Å². The second-order valence-electron chi connectivity index (χ2n) is 6.88. The number of carbonyl (C=O) groups excluding carboxylic acids is 1. The van der Waals surface area contributed by atoms with Crippen LogP contribution >= 0.6 is 0 Å². The molecule has 0 aliphatic carbocycles. The van der Waals surface area contributed by atoms with Gasteiger partial charge in [-0.25, -0.2) is 0 Å². The molecule has 0 unspecified atom stereocenters. The van der Waals surface area contributed by atoms with E-state index in [0.29, 0.717) is 13.2 Å². The normalized spacial score (nSPS) is 10.8. The molecule has 0 spiro atoms. The van der Waals surface area contributed by atoms with Gasteiger partial charge in [-0.1, -0.05) is 66.7 Å². The van der Waals surface area contributed by atoms with E-state index >= 15 is 0 Å². The minimum atomic E-state index is -0.222. The molecule has 2 aromatic carbocycles. The van der Waals surface area contributed by atoms with Gasteiger partial charge in [0.1, 0.15) is 6.54 Å². The van der Waals surface area contributed by atoms with Crippen LogP contribution in [0.2, 0.25) is 0 Å². The van der Waals surface area contributed by atoms with Crippen molar-refractivity contribution >= 4 is 17.2 Å². The number of hydrogen-bond acceptors (Lipinski definition) is 3. The molecule has 2 aromatic heterocycles. The molecule has 0 aliphatic heterocycles. The minimum absolute atomic E-state index is 0.200. The Bertz CT molecular complexity index is 1090. The molecule has 4 aromatic rings. The fourth-order valence-electron chi connectivity index (χ4n) is 3.61. The Balaban J connectivity index is 1.80. The number of nitrogens with zero attached hydrogens (tertiary/aromatic N) is 2. The predicted molar refractivity (Wildman–Crippen MR) is 117 cm³/mol. The summed E-state index contributed by atoms with van der Waals surface area (Å²) in [6.45, 7) is 3.04.